The van der Waals surface area contributed by atoms with Crippen LogP contribution < -0.4 is 16.2 Å². The van der Waals surface area contributed by atoms with Crippen LogP contribution in [0.5, 0.6) is 0 Å². The normalized spacial score (nSPS) is 20.2. The number of nitrogens with one attached hydrogen (secondary N) is 3. The summed E-state index contributed by atoms with van der Waals surface area (Å²) in [4.78, 5) is 18.0. The number of hydrogen-bond donors (Lipinski definition) is 3. The van der Waals surface area contributed by atoms with Crippen molar-refractivity contribution in [3.8, 4) is 0 Å². The lowest BCUT2D eigenvalue weighted by molar-refractivity contribution is -0.122. The summed E-state index contributed by atoms with van der Waals surface area (Å²) in [6.07, 6.45) is 2.69. The molecule has 0 aliphatic carbocycles. The minimum absolute atomic E-state index is 0.0666. The van der Waals surface area contributed by atoms with Crippen molar-refractivity contribution in [1.82, 2.24) is 21.2 Å². The Morgan fingerprint density at radius 1 is 1.29 bits per heavy atom. The van der Waals surface area contributed by atoms with E-state index >= 15 is 0 Å². The Balaban J connectivity index is 1.42. The van der Waals surface area contributed by atoms with E-state index in [0.717, 1.165) is 30.0 Å². The molecular formula is C18H24N4OS. The molecule has 1 aliphatic rings. The van der Waals surface area contributed by atoms with E-state index in [-0.39, 0.29) is 18.0 Å². The molecule has 3 N–H and O–H groups in total. The Morgan fingerprint density at radius 3 is 2.79 bits per heavy atom. The van der Waals surface area contributed by atoms with Gasteiger partial charge in [-0.1, -0.05) is 30.3 Å². The molecule has 0 bridgehead atoms. The number of hydrogen-bond acceptors (Lipinski definition) is 5. The third kappa shape index (κ3) is 4.20. The van der Waals surface area contributed by atoms with Crippen LogP contribution in [0.1, 0.15) is 40.0 Å². The fourth-order valence-corrected chi connectivity index (χ4v) is 4.03. The topological polar surface area (TPSA) is 66.0 Å². The van der Waals surface area contributed by atoms with Gasteiger partial charge in [0.2, 0.25) is 5.91 Å². The maximum atomic E-state index is 12.3. The van der Waals surface area contributed by atoms with Crippen molar-refractivity contribution < 1.29 is 4.79 Å². The van der Waals surface area contributed by atoms with E-state index in [0.29, 0.717) is 6.54 Å². The highest BCUT2D eigenvalue weighted by atomic mass is 32.1. The monoisotopic (exact) mass is 344 g/mol. The number of nitrogens with zero attached hydrogens (tertiary/aromatic N) is 1. The van der Waals surface area contributed by atoms with E-state index in [1.54, 1.807) is 11.3 Å². The van der Waals surface area contributed by atoms with Crippen LogP contribution in [0, 0.1) is 13.8 Å². The van der Waals surface area contributed by atoms with Crippen LogP contribution in [0.25, 0.3) is 0 Å². The number of aryl methyl sites for hydroxylation is 3. The molecule has 128 valence electrons. The summed E-state index contributed by atoms with van der Waals surface area (Å²) in [7, 11) is 0. The average Bonchev–Trinajstić information content (AvgIpc) is 3.18. The van der Waals surface area contributed by atoms with Crippen molar-refractivity contribution in [2.45, 2.75) is 45.2 Å². The van der Waals surface area contributed by atoms with Gasteiger partial charge in [-0.3, -0.25) is 4.79 Å². The van der Waals surface area contributed by atoms with Crippen molar-refractivity contribution >= 4 is 17.2 Å². The zero-order chi connectivity index (χ0) is 16.9. The largest absolute Gasteiger partial charge is 0.355 e. The summed E-state index contributed by atoms with van der Waals surface area (Å²) in [6.45, 7) is 4.74. The zero-order valence-electron chi connectivity index (χ0n) is 14.1. The van der Waals surface area contributed by atoms with Gasteiger partial charge in [0.1, 0.15) is 6.04 Å². The first-order chi connectivity index (χ1) is 11.6. The Morgan fingerprint density at radius 2 is 2.08 bits per heavy atom. The summed E-state index contributed by atoms with van der Waals surface area (Å²) >= 11 is 1.70. The number of carbonyl (C=O) groups is 1. The van der Waals surface area contributed by atoms with E-state index in [1.807, 2.05) is 32.0 Å². The maximum absolute atomic E-state index is 12.3. The number of carbonyl (C=O) groups excluding carboxylic acids is 1. The highest BCUT2D eigenvalue weighted by Crippen LogP contribution is 2.29. The molecule has 1 aliphatic heterocycles. The molecule has 2 heterocycles. The molecule has 0 spiro atoms. The van der Waals surface area contributed by atoms with Gasteiger partial charge in [-0.15, -0.1) is 11.3 Å². The first-order valence-electron chi connectivity index (χ1n) is 8.40. The van der Waals surface area contributed by atoms with Crippen molar-refractivity contribution in [3.63, 3.8) is 0 Å². The van der Waals surface area contributed by atoms with E-state index in [1.165, 1.54) is 10.4 Å². The third-order valence-electron chi connectivity index (χ3n) is 4.26. The Bertz CT molecular complexity index is 686. The molecule has 1 aromatic carbocycles. The molecule has 5 nitrogen and oxygen atoms in total. The molecule has 6 heteroatoms. The number of hydrazine groups is 1. The Labute approximate surface area is 146 Å². The second-order valence-corrected chi connectivity index (χ2v) is 7.43. The van der Waals surface area contributed by atoms with Crippen molar-refractivity contribution in [2.24, 2.45) is 0 Å². The van der Waals surface area contributed by atoms with E-state index in [4.69, 9.17) is 0 Å². The van der Waals surface area contributed by atoms with Crippen molar-refractivity contribution in [3.05, 3.63) is 51.5 Å². The fourth-order valence-electron chi connectivity index (χ4n) is 3.04. The standard InChI is InChI=1S/C18H24N4OS/c1-12-17(24-13(2)20-12)15-11-16(22-21-15)18(23)19-10-6-9-14-7-4-3-5-8-14/h3-5,7-8,15-16,21-22H,6,9-11H2,1-2H3,(H,19,23). The molecule has 0 radical (unpaired) electrons. The lowest BCUT2D eigenvalue weighted by Gasteiger charge is -2.10. The number of thiazole rings is 1. The molecule has 0 saturated carbocycles. The average molecular weight is 344 g/mol. The smallest absolute Gasteiger partial charge is 0.238 e. The minimum Gasteiger partial charge on any atom is -0.355 e. The number of amides is 1. The molecule has 2 aromatic rings. The van der Waals surface area contributed by atoms with Crippen LogP contribution in [0.4, 0.5) is 0 Å². The predicted octanol–water partition coefficient (Wildman–Crippen LogP) is 2.42. The molecule has 24 heavy (non-hydrogen) atoms. The summed E-state index contributed by atoms with van der Waals surface area (Å²) in [5.74, 6) is 0.0666. The van der Waals surface area contributed by atoms with Gasteiger partial charge in [0, 0.05) is 11.4 Å². The Kier molecular flexibility index (Phi) is 5.60. The van der Waals surface area contributed by atoms with Gasteiger partial charge < -0.3 is 5.32 Å². The third-order valence-corrected chi connectivity index (χ3v) is 5.45. The molecule has 3 rings (SSSR count). The van der Waals surface area contributed by atoms with E-state index < -0.39 is 0 Å². The van der Waals surface area contributed by atoms with E-state index in [2.05, 4.69) is 33.3 Å². The molecule has 1 aromatic heterocycles. The molecule has 2 unspecified atom stereocenters. The lowest BCUT2D eigenvalue weighted by Crippen LogP contribution is -2.43. The van der Waals surface area contributed by atoms with Gasteiger partial charge in [-0.2, -0.15) is 0 Å². The fraction of sp³-hybridized carbons (Fsp3) is 0.444. The van der Waals surface area contributed by atoms with Crippen LogP contribution in [0.3, 0.4) is 0 Å². The summed E-state index contributed by atoms with van der Waals surface area (Å²) in [6, 6.07) is 10.3. The minimum atomic E-state index is -0.187. The van der Waals surface area contributed by atoms with Gasteiger partial charge in [0.15, 0.2) is 0 Å². The molecule has 1 fully saturated rings. The second-order valence-electron chi connectivity index (χ2n) is 6.19. The van der Waals surface area contributed by atoms with E-state index in [9.17, 15) is 4.79 Å². The number of aromatic nitrogens is 1. The maximum Gasteiger partial charge on any atom is 0.238 e. The first-order valence-corrected chi connectivity index (χ1v) is 9.22. The summed E-state index contributed by atoms with van der Waals surface area (Å²) < 4.78 is 0. The second kappa shape index (κ2) is 7.88. The van der Waals surface area contributed by atoms with Crippen LogP contribution in [0.15, 0.2) is 30.3 Å². The number of benzene rings is 1. The highest BCUT2D eigenvalue weighted by molar-refractivity contribution is 7.11. The van der Waals surface area contributed by atoms with Gasteiger partial charge in [0.05, 0.1) is 16.7 Å². The first kappa shape index (κ1) is 17.1. The van der Waals surface area contributed by atoms with Crippen LogP contribution >= 0.6 is 11.3 Å². The van der Waals surface area contributed by atoms with Crippen LogP contribution in [-0.2, 0) is 11.2 Å². The quantitative estimate of drug-likeness (QED) is 0.704. The summed E-state index contributed by atoms with van der Waals surface area (Å²) in [5.41, 5.74) is 8.72. The molecule has 1 amide bonds. The van der Waals surface area contributed by atoms with Crippen molar-refractivity contribution in [2.75, 3.05) is 6.54 Å². The van der Waals surface area contributed by atoms with Gasteiger partial charge in [-0.25, -0.2) is 15.8 Å². The lowest BCUT2D eigenvalue weighted by atomic mass is 10.1. The molecular weight excluding hydrogens is 320 g/mol. The predicted molar refractivity (Wildman–Crippen MR) is 96.8 cm³/mol. The Hall–Kier alpha value is -1.76. The van der Waals surface area contributed by atoms with Gasteiger partial charge in [-0.05, 0) is 38.7 Å². The van der Waals surface area contributed by atoms with Crippen LogP contribution in [0.2, 0.25) is 0 Å². The summed E-state index contributed by atoms with van der Waals surface area (Å²) in [5, 5.41) is 4.10. The molecule has 2 atom stereocenters. The van der Waals surface area contributed by atoms with Crippen LogP contribution in [-0.4, -0.2) is 23.5 Å². The number of rotatable bonds is 6. The van der Waals surface area contributed by atoms with Gasteiger partial charge >= 0.3 is 0 Å². The highest BCUT2D eigenvalue weighted by Gasteiger charge is 2.31. The SMILES string of the molecule is Cc1nc(C)c(C2CC(C(=O)NCCCc3ccccc3)NN2)s1. The van der Waals surface area contributed by atoms with Gasteiger partial charge in [0.25, 0.3) is 0 Å². The zero-order valence-corrected chi connectivity index (χ0v) is 15.0. The van der Waals surface area contributed by atoms with Crippen molar-refractivity contribution in [1.29, 1.82) is 0 Å². The molecule has 1 saturated heterocycles.